The van der Waals surface area contributed by atoms with Gasteiger partial charge in [-0.1, -0.05) is 6.42 Å². The predicted molar refractivity (Wildman–Crippen MR) is 43.1 cm³/mol. The second kappa shape index (κ2) is 4.45. The van der Waals surface area contributed by atoms with Crippen LogP contribution in [0.5, 0.6) is 0 Å². The number of esters is 1. The molecule has 1 unspecified atom stereocenters. The molecular weight excluding hydrogens is 156 g/mol. The van der Waals surface area contributed by atoms with Crippen molar-refractivity contribution in [2.45, 2.75) is 51.2 Å². The van der Waals surface area contributed by atoms with Crippen molar-refractivity contribution >= 4 is 5.97 Å². The Morgan fingerprint density at radius 3 is 2.42 bits per heavy atom. The third-order valence-corrected chi connectivity index (χ3v) is 2.17. The number of ether oxygens (including phenoxy) is 1. The molecule has 1 saturated carbocycles. The molecule has 1 aliphatic rings. The molecule has 1 aliphatic carbocycles. The monoisotopic (exact) mass is 171 g/mol. The van der Waals surface area contributed by atoms with Gasteiger partial charge in [0.1, 0.15) is 6.10 Å². The Morgan fingerprint density at radius 1 is 1.33 bits per heavy atom. The number of hydrogen-bond donors (Lipinski definition) is 0. The minimum absolute atomic E-state index is 0.0163. The standard InChI is InChI=1S/C9H15O3/c1-7(10)9(11)12-8-5-3-2-4-6-8/h7-8H,2-6H2,1H3. The summed E-state index contributed by atoms with van der Waals surface area (Å²) in [6.07, 6.45) is 4.10. The van der Waals surface area contributed by atoms with Crippen LogP contribution >= 0.6 is 0 Å². The highest BCUT2D eigenvalue weighted by Gasteiger charge is 2.20. The highest BCUT2D eigenvalue weighted by Crippen LogP contribution is 2.20. The molecule has 0 amide bonds. The summed E-state index contributed by atoms with van der Waals surface area (Å²) in [6.45, 7) is 1.32. The topological polar surface area (TPSA) is 46.2 Å². The normalized spacial score (nSPS) is 21.8. The van der Waals surface area contributed by atoms with E-state index >= 15 is 0 Å². The lowest BCUT2D eigenvalue weighted by molar-refractivity contribution is -0.162. The first-order valence-corrected chi connectivity index (χ1v) is 4.56. The van der Waals surface area contributed by atoms with Gasteiger partial charge in [-0.15, -0.1) is 0 Å². The van der Waals surface area contributed by atoms with Crippen molar-refractivity contribution in [2.75, 3.05) is 0 Å². The molecule has 0 N–H and O–H groups in total. The smallest absolute Gasteiger partial charge is 0.338 e. The largest absolute Gasteiger partial charge is 0.460 e. The fraction of sp³-hybridized carbons (Fsp3) is 0.889. The number of carbonyl (C=O) groups is 1. The molecule has 0 spiro atoms. The van der Waals surface area contributed by atoms with Crippen LogP contribution in [0.15, 0.2) is 0 Å². The average Bonchev–Trinajstić information content (AvgIpc) is 2.06. The van der Waals surface area contributed by atoms with Gasteiger partial charge in [0.15, 0.2) is 6.10 Å². The second-order valence-corrected chi connectivity index (χ2v) is 3.34. The summed E-state index contributed by atoms with van der Waals surface area (Å²) in [5, 5.41) is 10.6. The molecule has 12 heavy (non-hydrogen) atoms. The van der Waals surface area contributed by atoms with Crippen molar-refractivity contribution in [2.24, 2.45) is 0 Å². The highest BCUT2D eigenvalue weighted by molar-refractivity contribution is 5.73. The Kier molecular flexibility index (Phi) is 3.53. The fourth-order valence-electron chi connectivity index (χ4n) is 1.44. The van der Waals surface area contributed by atoms with E-state index < -0.39 is 12.1 Å². The molecule has 1 atom stereocenters. The van der Waals surface area contributed by atoms with Crippen molar-refractivity contribution in [3.63, 3.8) is 0 Å². The SMILES string of the molecule is CC([O])C(=O)OC1CCCCC1. The summed E-state index contributed by atoms with van der Waals surface area (Å²) in [7, 11) is 0. The average molecular weight is 171 g/mol. The zero-order valence-electron chi connectivity index (χ0n) is 7.41. The van der Waals surface area contributed by atoms with Crippen molar-refractivity contribution in [3.05, 3.63) is 0 Å². The summed E-state index contributed by atoms with van der Waals surface area (Å²) < 4.78 is 5.00. The Balaban J connectivity index is 2.24. The van der Waals surface area contributed by atoms with Crippen LogP contribution in [0.3, 0.4) is 0 Å². The molecule has 0 heterocycles. The molecule has 0 aromatic rings. The molecule has 0 aromatic carbocycles. The van der Waals surface area contributed by atoms with Crippen LogP contribution in [0.25, 0.3) is 0 Å². The van der Waals surface area contributed by atoms with E-state index in [2.05, 4.69) is 0 Å². The Labute approximate surface area is 72.7 Å². The van der Waals surface area contributed by atoms with Crippen LogP contribution in [0.4, 0.5) is 0 Å². The first-order chi connectivity index (χ1) is 5.70. The Bertz CT molecular complexity index is 148. The molecule has 0 saturated heterocycles. The summed E-state index contributed by atoms with van der Waals surface area (Å²) in [4.78, 5) is 10.9. The quantitative estimate of drug-likeness (QED) is 0.593. The van der Waals surface area contributed by atoms with Gasteiger partial charge in [0.2, 0.25) is 0 Å². The molecule has 0 aromatic heterocycles. The van der Waals surface area contributed by atoms with E-state index in [9.17, 15) is 9.90 Å². The van der Waals surface area contributed by atoms with E-state index in [1.165, 1.54) is 13.3 Å². The maximum atomic E-state index is 10.9. The van der Waals surface area contributed by atoms with Gasteiger partial charge in [-0.25, -0.2) is 9.90 Å². The third-order valence-electron chi connectivity index (χ3n) is 2.17. The van der Waals surface area contributed by atoms with E-state index in [1.54, 1.807) is 0 Å². The first-order valence-electron chi connectivity index (χ1n) is 4.56. The molecule has 69 valence electrons. The molecular formula is C9H15O3. The lowest BCUT2D eigenvalue weighted by atomic mass is 9.98. The fourth-order valence-corrected chi connectivity index (χ4v) is 1.44. The maximum absolute atomic E-state index is 10.9. The highest BCUT2D eigenvalue weighted by atomic mass is 16.6. The van der Waals surface area contributed by atoms with Crippen LogP contribution in [-0.2, 0) is 14.6 Å². The van der Waals surface area contributed by atoms with E-state index in [4.69, 9.17) is 4.74 Å². The lowest BCUT2D eigenvalue weighted by Gasteiger charge is -2.21. The molecule has 0 bridgehead atoms. The number of rotatable bonds is 2. The van der Waals surface area contributed by atoms with E-state index in [0.717, 1.165) is 25.7 Å². The molecule has 1 rings (SSSR count). The first kappa shape index (κ1) is 9.52. The van der Waals surface area contributed by atoms with Crippen molar-refractivity contribution in [3.8, 4) is 0 Å². The molecule has 1 radical (unpaired) electrons. The Morgan fingerprint density at radius 2 is 1.92 bits per heavy atom. The van der Waals surface area contributed by atoms with Crippen molar-refractivity contribution < 1.29 is 14.6 Å². The summed E-state index contributed by atoms with van der Waals surface area (Å²) in [5.74, 6) is -0.595. The Hall–Kier alpha value is -0.570. The van der Waals surface area contributed by atoms with Crippen LogP contribution in [0, 0.1) is 0 Å². The van der Waals surface area contributed by atoms with Gasteiger partial charge in [-0.05, 0) is 32.6 Å². The second-order valence-electron chi connectivity index (χ2n) is 3.34. The molecule has 0 aliphatic heterocycles. The maximum Gasteiger partial charge on any atom is 0.338 e. The van der Waals surface area contributed by atoms with E-state index in [1.807, 2.05) is 0 Å². The minimum Gasteiger partial charge on any atom is -0.460 e. The minimum atomic E-state index is -1.23. The van der Waals surface area contributed by atoms with Crippen LogP contribution < -0.4 is 0 Å². The molecule has 1 fully saturated rings. The van der Waals surface area contributed by atoms with Crippen LogP contribution in [-0.4, -0.2) is 18.2 Å². The van der Waals surface area contributed by atoms with Crippen molar-refractivity contribution in [1.29, 1.82) is 0 Å². The van der Waals surface area contributed by atoms with Gasteiger partial charge < -0.3 is 4.74 Å². The van der Waals surface area contributed by atoms with Gasteiger partial charge in [0, 0.05) is 0 Å². The third kappa shape index (κ3) is 2.81. The zero-order valence-corrected chi connectivity index (χ0v) is 7.41. The van der Waals surface area contributed by atoms with Gasteiger partial charge in [0.25, 0.3) is 0 Å². The summed E-state index contributed by atoms with van der Waals surface area (Å²) in [5.41, 5.74) is 0. The molecule has 3 nitrogen and oxygen atoms in total. The van der Waals surface area contributed by atoms with Crippen molar-refractivity contribution in [1.82, 2.24) is 0 Å². The zero-order chi connectivity index (χ0) is 8.97. The van der Waals surface area contributed by atoms with E-state index in [-0.39, 0.29) is 6.10 Å². The lowest BCUT2D eigenvalue weighted by Crippen LogP contribution is -2.26. The van der Waals surface area contributed by atoms with E-state index in [0.29, 0.717) is 0 Å². The van der Waals surface area contributed by atoms with Crippen LogP contribution in [0.1, 0.15) is 39.0 Å². The van der Waals surface area contributed by atoms with Gasteiger partial charge in [-0.2, -0.15) is 0 Å². The molecule has 3 heteroatoms. The van der Waals surface area contributed by atoms with Gasteiger partial charge >= 0.3 is 5.97 Å². The predicted octanol–water partition coefficient (Wildman–Crippen LogP) is 1.68. The van der Waals surface area contributed by atoms with Gasteiger partial charge in [-0.3, -0.25) is 0 Å². The summed E-state index contributed by atoms with van der Waals surface area (Å²) in [6, 6.07) is 0. The van der Waals surface area contributed by atoms with Crippen LogP contribution in [0.2, 0.25) is 0 Å². The summed E-state index contributed by atoms with van der Waals surface area (Å²) >= 11 is 0. The number of hydrogen-bond acceptors (Lipinski definition) is 2. The van der Waals surface area contributed by atoms with Gasteiger partial charge in [0.05, 0.1) is 0 Å². The number of carbonyl (C=O) groups excluding carboxylic acids is 1.